The number of rotatable bonds is 6. The molecule has 0 saturated heterocycles. The maximum absolute atomic E-state index is 11.9. The largest absolute Gasteiger partial charge is 0.546 e. The number of benzene rings is 2. The fraction of sp³-hybridized carbons (Fsp3) is 0.0625. The van der Waals surface area contributed by atoms with E-state index < -0.39 is 18.5 Å². The van der Waals surface area contributed by atoms with E-state index in [2.05, 4.69) is 26.5 Å². The van der Waals surface area contributed by atoms with Gasteiger partial charge in [-0.1, -0.05) is 27.5 Å². The Labute approximate surface area is 151 Å². The van der Waals surface area contributed by atoms with Gasteiger partial charge in [-0.05, 0) is 42.5 Å². The number of halogens is 2. The van der Waals surface area contributed by atoms with Crippen LogP contribution in [-0.2, 0) is 4.79 Å². The lowest BCUT2D eigenvalue weighted by molar-refractivity contribution is -0.307. The van der Waals surface area contributed by atoms with Crippen LogP contribution in [0.15, 0.2) is 52.0 Å². The third kappa shape index (κ3) is 5.36. The van der Waals surface area contributed by atoms with Crippen LogP contribution in [0.2, 0.25) is 5.02 Å². The van der Waals surface area contributed by atoms with Crippen LogP contribution in [0.3, 0.4) is 0 Å². The third-order valence-electron chi connectivity index (χ3n) is 2.79. The van der Waals surface area contributed by atoms with Crippen molar-refractivity contribution in [2.24, 2.45) is 5.10 Å². The van der Waals surface area contributed by atoms with Crippen molar-refractivity contribution in [2.45, 2.75) is 0 Å². The van der Waals surface area contributed by atoms with Crippen LogP contribution < -0.4 is 15.3 Å². The molecule has 0 spiro atoms. The van der Waals surface area contributed by atoms with Gasteiger partial charge in [-0.15, -0.1) is 0 Å². The lowest BCUT2D eigenvalue weighted by Gasteiger charge is -2.09. The van der Waals surface area contributed by atoms with Crippen molar-refractivity contribution in [3.8, 4) is 5.75 Å². The van der Waals surface area contributed by atoms with Gasteiger partial charge in [0.1, 0.15) is 12.4 Å². The summed E-state index contributed by atoms with van der Waals surface area (Å²) in [5.41, 5.74) is 3.26. The van der Waals surface area contributed by atoms with Crippen molar-refractivity contribution < 1.29 is 19.4 Å². The molecule has 6 nitrogen and oxygen atoms in total. The number of ether oxygens (including phenoxy) is 1. The van der Waals surface area contributed by atoms with Crippen LogP contribution in [0.4, 0.5) is 0 Å². The summed E-state index contributed by atoms with van der Waals surface area (Å²) < 4.78 is 5.85. The van der Waals surface area contributed by atoms with Crippen LogP contribution in [-0.4, -0.2) is 24.7 Å². The fourth-order valence-electron chi connectivity index (χ4n) is 1.71. The molecule has 0 aliphatic heterocycles. The second kappa shape index (κ2) is 8.47. The predicted octanol–water partition coefficient (Wildman–Crippen LogP) is 2.00. The first kappa shape index (κ1) is 18.0. The highest BCUT2D eigenvalue weighted by molar-refractivity contribution is 9.10. The zero-order valence-electron chi connectivity index (χ0n) is 12.2. The second-order valence-corrected chi connectivity index (χ2v) is 5.90. The van der Waals surface area contributed by atoms with Gasteiger partial charge in [-0.25, -0.2) is 5.43 Å². The van der Waals surface area contributed by atoms with Crippen LogP contribution >= 0.6 is 27.5 Å². The Morgan fingerprint density at radius 3 is 2.62 bits per heavy atom. The minimum Gasteiger partial charge on any atom is -0.546 e. The van der Waals surface area contributed by atoms with Crippen molar-refractivity contribution in [2.75, 3.05) is 6.61 Å². The number of nitrogens with one attached hydrogen (secondary N) is 1. The first-order valence-electron chi connectivity index (χ1n) is 6.67. The number of carbonyl (C=O) groups excluding carboxylic acids is 2. The molecule has 2 aromatic rings. The van der Waals surface area contributed by atoms with Gasteiger partial charge in [0.25, 0.3) is 5.91 Å². The smallest absolute Gasteiger partial charge is 0.271 e. The van der Waals surface area contributed by atoms with Gasteiger partial charge in [-0.3, -0.25) is 4.79 Å². The Hall–Kier alpha value is -2.38. The molecule has 1 N–H and O–H groups in total. The highest BCUT2D eigenvalue weighted by Crippen LogP contribution is 2.21. The monoisotopic (exact) mass is 409 g/mol. The van der Waals surface area contributed by atoms with Crippen LogP contribution in [0.1, 0.15) is 15.9 Å². The molecule has 0 aromatic heterocycles. The molecule has 0 aliphatic carbocycles. The molecule has 0 saturated carbocycles. The van der Waals surface area contributed by atoms with E-state index in [1.54, 1.807) is 42.5 Å². The topological polar surface area (TPSA) is 90.8 Å². The predicted molar refractivity (Wildman–Crippen MR) is 91.2 cm³/mol. The quantitative estimate of drug-likeness (QED) is 0.582. The Morgan fingerprint density at radius 2 is 1.96 bits per heavy atom. The minimum absolute atomic E-state index is 0.298. The zero-order valence-corrected chi connectivity index (χ0v) is 14.5. The van der Waals surface area contributed by atoms with Crippen LogP contribution in [0, 0.1) is 0 Å². The molecule has 0 unspecified atom stereocenters. The summed E-state index contributed by atoms with van der Waals surface area (Å²) in [7, 11) is 0. The van der Waals surface area contributed by atoms with E-state index >= 15 is 0 Å². The van der Waals surface area contributed by atoms with E-state index in [1.807, 2.05) is 0 Å². The molecular weight excluding hydrogens is 400 g/mol. The number of aliphatic carboxylic acids is 1. The lowest BCUT2D eigenvalue weighted by atomic mass is 10.2. The maximum atomic E-state index is 11.9. The SMILES string of the molecule is O=C([O-])COc1ccc(Br)cc1/C=N\NC(=O)c1ccc(Cl)cc1. The van der Waals surface area contributed by atoms with Crippen molar-refractivity contribution in [1.29, 1.82) is 0 Å². The average molecular weight is 411 g/mol. The molecule has 124 valence electrons. The molecule has 1 amide bonds. The molecule has 0 bridgehead atoms. The molecule has 0 heterocycles. The summed E-state index contributed by atoms with van der Waals surface area (Å²) in [5.74, 6) is -1.45. The number of amides is 1. The number of hydrogen-bond acceptors (Lipinski definition) is 5. The number of nitrogens with zero attached hydrogens (tertiary/aromatic N) is 1. The van der Waals surface area contributed by atoms with E-state index in [4.69, 9.17) is 16.3 Å². The molecule has 0 radical (unpaired) electrons. The zero-order chi connectivity index (χ0) is 17.5. The molecular formula is C16H11BrClN2O4-. The standard InChI is InChI=1S/C16H12BrClN2O4/c17-12-3-6-14(24-9-15(21)22)11(7-12)8-19-20-16(23)10-1-4-13(18)5-2-10/h1-8H,9H2,(H,20,23)(H,21,22)/p-1/b19-8-. The summed E-state index contributed by atoms with van der Waals surface area (Å²) in [6, 6.07) is 11.3. The third-order valence-corrected chi connectivity index (χ3v) is 3.54. The lowest BCUT2D eigenvalue weighted by Crippen LogP contribution is -2.29. The van der Waals surface area contributed by atoms with Gasteiger partial charge < -0.3 is 14.6 Å². The summed E-state index contributed by atoms with van der Waals surface area (Å²) >= 11 is 9.05. The first-order valence-corrected chi connectivity index (χ1v) is 7.84. The van der Waals surface area contributed by atoms with Crippen molar-refractivity contribution in [3.63, 3.8) is 0 Å². The number of hydrogen-bond donors (Lipinski definition) is 1. The minimum atomic E-state index is -1.34. The summed E-state index contributed by atoms with van der Waals surface area (Å²) in [6.07, 6.45) is 1.35. The fourth-order valence-corrected chi connectivity index (χ4v) is 2.22. The highest BCUT2D eigenvalue weighted by atomic mass is 79.9. The van der Waals surface area contributed by atoms with Crippen LogP contribution in [0.5, 0.6) is 5.75 Å². The number of carbonyl (C=O) groups is 2. The van der Waals surface area contributed by atoms with Crippen molar-refractivity contribution >= 4 is 45.6 Å². The molecule has 2 rings (SSSR count). The van der Waals surface area contributed by atoms with Crippen molar-refractivity contribution in [3.05, 3.63) is 63.1 Å². The molecule has 0 atom stereocenters. The summed E-state index contributed by atoms with van der Waals surface area (Å²) in [4.78, 5) is 22.4. The number of carboxylic acids is 1. The van der Waals surface area contributed by atoms with E-state index in [1.165, 1.54) is 6.21 Å². The number of hydrazone groups is 1. The molecule has 24 heavy (non-hydrogen) atoms. The molecule has 0 fully saturated rings. The Balaban J connectivity index is 2.07. The Morgan fingerprint density at radius 1 is 1.25 bits per heavy atom. The summed E-state index contributed by atoms with van der Waals surface area (Å²) in [5, 5.41) is 14.9. The van der Waals surface area contributed by atoms with Gasteiger partial charge >= 0.3 is 0 Å². The first-order chi connectivity index (χ1) is 11.5. The summed E-state index contributed by atoms with van der Waals surface area (Å²) in [6.45, 7) is -0.584. The molecule has 0 aliphatic rings. The van der Waals surface area contributed by atoms with Gasteiger partial charge in [0.05, 0.1) is 12.2 Å². The second-order valence-electron chi connectivity index (χ2n) is 4.55. The van der Waals surface area contributed by atoms with Gasteiger partial charge in [0.2, 0.25) is 0 Å². The van der Waals surface area contributed by atoms with E-state index in [0.29, 0.717) is 21.9 Å². The normalized spacial score (nSPS) is 10.6. The van der Waals surface area contributed by atoms with Gasteiger partial charge in [0.15, 0.2) is 0 Å². The average Bonchev–Trinajstić information content (AvgIpc) is 2.54. The van der Waals surface area contributed by atoms with Crippen LogP contribution in [0.25, 0.3) is 0 Å². The van der Waals surface area contributed by atoms with Crippen molar-refractivity contribution in [1.82, 2.24) is 5.43 Å². The Kier molecular flexibility index (Phi) is 6.34. The highest BCUT2D eigenvalue weighted by Gasteiger charge is 2.05. The van der Waals surface area contributed by atoms with E-state index in [-0.39, 0.29) is 0 Å². The van der Waals surface area contributed by atoms with E-state index in [0.717, 1.165) is 4.47 Å². The van der Waals surface area contributed by atoms with Gasteiger partial charge in [-0.2, -0.15) is 5.10 Å². The van der Waals surface area contributed by atoms with E-state index in [9.17, 15) is 14.7 Å². The van der Waals surface area contributed by atoms with Gasteiger partial charge in [0, 0.05) is 20.6 Å². The molecule has 2 aromatic carbocycles. The molecule has 8 heteroatoms. The Bertz CT molecular complexity index is 778. The maximum Gasteiger partial charge on any atom is 0.271 e. The number of carboxylic acid groups (broad SMARTS) is 1.